The first kappa shape index (κ1) is 19.4. The number of nitrogens with zero attached hydrogens (tertiary/aromatic N) is 2. The van der Waals surface area contributed by atoms with Crippen LogP contribution < -0.4 is 0 Å². The molecule has 1 aliphatic heterocycles. The Morgan fingerprint density at radius 2 is 1.96 bits per heavy atom. The maximum absolute atomic E-state index is 13.2. The molecule has 0 aliphatic carbocycles. The van der Waals surface area contributed by atoms with E-state index in [1.54, 1.807) is 36.1 Å². The minimum atomic E-state index is -4.46. The second-order valence-electron chi connectivity index (χ2n) is 6.82. The summed E-state index contributed by atoms with van der Waals surface area (Å²) in [7, 11) is 0. The largest absolute Gasteiger partial charge is 0.480 e. The maximum atomic E-state index is 13.2. The number of benzene rings is 1. The van der Waals surface area contributed by atoms with Crippen LogP contribution in [0.1, 0.15) is 47.8 Å². The van der Waals surface area contributed by atoms with Crippen LogP contribution >= 0.6 is 0 Å². The number of hydrogen-bond acceptors (Lipinski definition) is 3. The topological polar surface area (TPSA) is 53.4 Å². The monoisotopic (exact) mass is 378 g/mol. The molecule has 2 heterocycles. The van der Waals surface area contributed by atoms with E-state index in [4.69, 9.17) is 0 Å². The lowest BCUT2D eigenvalue weighted by Gasteiger charge is -2.39. The van der Waals surface area contributed by atoms with Crippen molar-refractivity contribution in [3.8, 4) is 0 Å². The molecule has 0 radical (unpaired) electrons. The molecule has 0 spiro atoms. The highest BCUT2D eigenvalue weighted by Crippen LogP contribution is 2.36. The molecule has 2 atom stereocenters. The Labute approximate surface area is 155 Å². The molecule has 0 bridgehead atoms. The van der Waals surface area contributed by atoms with Crippen molar-refractivity contribution in [3.05, 3.63) is 65.0 Å². The van der Waals surface area contributed by atoms with Gasteiger partial charge in [-0.25, -0.2) is 0 Å². The highest BCUT2D eigenvalue weighted by molar-refractivity contribution is 5.73. The van der Waals surface area contributed by atoms with E-state index in [0.717, 1.165) is 30.7 Å². The number of hydrogen-bond donors (Lipinski definition) is 1. The summed E-state index contributed by atoms with van der Waals surface area (Å²) in [5, 5.41) is 9.65. The molecule has 1 aromatic carbocycles. The van der Waals surface area contributed by atoms with Gasteiger partial charge in [-0.2, -0.15) is 13.2 Å². The lowest BCUT2D eigenvalue weighted by atomic mass is 9.93. The fraction of sp³-hybridized carbons (Fsp3) is 0.400. The minimum absolute atomic E-state index is 0.399. The summed E-state index contributed by atoms with van der Waals surface area (Å²) in [5.41, 5.74) is 0.938. The molecule has 0 saturated carbocycles. The van der Waals surface area contributed by atoms with Crippen molar-refractivity contribution in [3.63, 3.8) is 0 Å². The number of carbonyl (C=O) groups is 1. The smallest absolute Gasteiger partial charge is 0.416 e. The fourth-order valence-electron chi connectivity index (χ4n) is 3.66. The molecule has 0 amide bonds. The van der Waals surface area contributed by atoms with Crippen molar-refractivity contribution >= 4 is 5.97 Å². The maximum Gasteiger partial charge on any atom is 0.416 e. The van der Waals surface area contributed by atoms with Crippen LogP contribution in [0.3, 0.4) is 0 Å². The highest BCUT2D eigenvalue weighted by Gasteiger charge is 2.37. The van der Waals surface area contributed by atoms with Crippen LogP contribution in [-0.2, 0) is 11.0 Å². The summed E-state index contributed by atoms with van der Waals surface area (Å²) < 4.78 is 39.7. The number of rotatable bonds is 4. The summed E-state index contributed by atoms with van der Waals surface area (Å²) in [6, 6.07) is 9.03. The van der Waals surface area contributed by atoms with Crippen LogP contribution in [0.4, 0.5) is 13.2 Å². The van der Waals surface area contributed by atoms with Crippen molar-refractivity contribution in [1.82, 2.24) is 9.88 Å². The van der Waals surface area contributed by atoms with Crippen LogP contribution in [0.25, 0.3) is 0 Å². The van der Waals surface area contributed by atoms with E-state index in [2.05, 4.69) is 4.98 Å². The SMILES string of the molecule is Cc1cccc(C(c2cccc(C(F)(F)F)c2)N2CCCCC2C(=O)O)n1. The first-order valence-corrected chi connectivity index (χ1v) is 8.86. The summed E-state index contributed by atoms with van der Waals surface area (Å²) in [4.78, 5) is 18.0. The van der Waals surface area contributed by atoms with Gasteiger partial charge in [-0.05, 0) is 56.1 Å². The first-order chi connectivity index (χ1) is 12.8. The second kappa shape index (κ2) is 7.68. The third-order valence-corrected chi connectivity index (χ3v) is 4.88. The molecule has 144 valence electrons. The lowest BCUT2D eigenvalue weighted by molar-refractivity contribution is -0.145. The number of carboxylic acids is 1. The van der Waals surface area contributed by atoms with E-state index in [-0.39, 0.29) is 0 Å². The van der Waals surface area contributed by atoms with E-state index in [1.807, 2.05) is 0 Å². The summed E-state index contributed by atoms with van der Waals surface area (Å²) in [6.45, 7) is 2.30. The Morgan fingerprint density at radius 1 is 1.22 bits per heavy atom. The summed E-state index contributed by atoms with van der Waals surface area (Å²) in [5.74, 6) is -0.959. The summed E-state index contributed by atoms with van der Waals surface area (Å²) in [6.07, 6.45) is -2.42. The van der Waals surface area contributed by atoms with Gasteiger partial charge in [-0.1, -0.05) is 24.6 Å². The van der Waals surface area contributed by atoms with Crippen molar-refractivity contribution in [2.75, 3.05) is 6.54 Å². The molecule has 2 unspecified atom stereocenters. The van der Waals surface area contributed by atoms with E-state index in [9.17, 15) is 23.1 Å². The van der Waals surface area contributed by atoms with E-state index in [1.165, 1.54) is 6.07 Å². The third kappa shape index (κ3) is 4.30. The Morgan fingerprint density at radius 3 is 2.63 bits per heavy atom. The van der Waals surface area contributed by atoms with Gasteiger partial charge in [0.1, 0.15) is 6.04 Å². The zero-order valence-corrected chi connectivity index (χ0v) is 14.9. The Bertz CT molecular complexity index is 823. The Kier molecular flexibility index (Phi) is 5.51. The molecule has 2 aromatic rings. The number of halogens is 3. The fourth-order valence-corrected chi connectivity index (χ4v) is 3.66. The number of likely N-dealkylation sites (tertiary alicyclic amines) is 1. The molecule has 1 N–H and O–H groups in total. The molecule has 7 heteroatoms. The quantitative estimate of drug-likeness (QED) is 0.855. The molecule has 1 saturated heterocycles. The number of aromatic nitrogens is 1. The first-order valence-electron chi connectivity index (χ1n) is 8.86. The zero-order valence-electron chi connectivity index (χ0n) is 14.9. The van der Waals surface area contributed by atoms with Gasteiger partial charge in [-0.15, -0.1) is 0 Å². The molecular formula is C20H21F3N2O2. The average molecular weight is 378 g/mol. The molecule has 27 heavy (non-hydrogen) atoms. The van der Waals surface area contributed by atoms with Crippen LogP contribution in [-0.4, -0.2) is 33.5 Å². The van der Waals surface area contributed by atoms with Gasteiger partial charge in [-0.3, -0.25) is 14.7 Å². The van der Waals surface area contributed by atoms with Crippen LogP contribution in [0.2, 0.25) is 0 Å². The number of aryl methyl sites for hydroxylation is 1. The standard InChI is InChI=1S/C20H21F3N2O2/c1-13-6-4-9-16(24-13)18(25-11-3-2-10-17(25)19(26)27)14-7-5-8-15(12-14)20(21,22)23/h4-9,12,17-18H,2-3,10-11H2,1H3,(H,26,27). The van der Waals surface area contributed by atoms with Crippen LogP contribution in [0.5, 0.6) is 0 Å². The second-order valence-corrected chi connectivity index (χ2v) is 6.82. The number of alkyl halides is 3. The predicted octanol–water partition coefficient (Wildman–Crippen LogP) is 4.44. The molecule has 1 aliphatic rings. The van der Waals surface area contributed by atoms with Crippen LogP contribution in [0, 0.1) is 6.92 Å². The van der Waals surface area contributed by atoms with Crippen molar-refractivity contribution in [1.29, 1.82) is 0 Å². The molecule has 1 fully saturated rings. The van der Waals surface area contributed by atoms with Gasteiger partial charge in [0.15, 0.2) is 0 Å². The van der Waals surface area contributed by atoms with Crippen LogP contribution in [0.15, 0.2) is 42.5 Å². The van der Waals surface area contributed by atoms with Gasteiger partial charge in [0.25, 0.3) is 0 Å². The van der Waals surface area contributed by atoms with Gasteiger partial charge in [0.05, 0.1) is 17.3 Å². The predicted molar refractivity (Wildman–Crippen MR) is 94.2 cm³/mol. The number of aliphatic carboxylic acids is 1. The van der Waals surface area contributed by atoms with Gasteiger partial charge < -0.3 is 5.11 Å². The Balaban J connectivity index is 2.12. The number of piperidine rings is 1. The third-order valence-electron chi connectivity index (χ3n) is 4.88. The number of carboxylic acid groups (broad SMARTS) is 1. The molecule has 1 aromatic heterocycles. The normalized spacial score (nSPS) is 19.6. The van der Waals surface area contributed by atoms with Crippen molar-refractivity contribution < 1.29 is 23.1 Å². The van der Waals surface area contributed by atoms with Crippen molar-refractivity contribution in [2.45, 2.75) is 44.4 Å². The number of pyridine rings is 1. The minimum Gasteiger partial charge on any atom is -0.480 e. The Hall–Kier alpha value is -2.41. The van der Waals surface area contributed by atoms with Gasteiger partial charge in [0, 0.05) is 5.69 Å². The zero-order chi connectivity index (χ0) is 19.6. The average Bonchev–Trinajstić information content (AvgIpc) is 2.62. The summed E-state index contributed by atoms with van der Waals surface area (Å²) >= 11 is 0. The lowest BCUT2D eigenvalue weighted by Crippen LogP contribution is -2.47. The van der Waals surface area contributed by atoms with E-state index >= 15 is 0 Å². The molecule has 3 rings (SSSR count). The molecular weight excluding hydrogens is 357 g/mol. The van der Waals surface area contributed by atoms with Gasteiger partial charge in [0.2, 0.25) is 0 Å². The van der Waals surface area contributed by atoms with Gasteiger partial charge >= 0.3 is 12.1 Å². The van der Waals surface area contributed by atoms with E-state index in [0.29, 0.717) is 24.2 Å². The highest BCUT2D eigenvalue weighted by atomic mass is 19.4. The van der Waals surface area contributed by atoms with Crippen molar-refractivity contribution in [2.24, 2.45) is 0 Å². The molecule has 4 nitrogen and oxygen atoms in total. The van der Waals surface area contributed by atoms with E-state index < -0.39 is 29.8 Å².